The molecule has 2 aromatic rings. The number of rotatable bonds is 3. The number of hydrogen-bond acceptors (Lipinski definition) is 3. The van der Waals surface area contributed by atoms with Crippen LogP contribution in [0.1, 0.15) is 17.0 Å². The average molecular weight is 229 g/mol. The van der Waals surface area contributed by atoms with Gasteiger partial charge in [0.15, 0.2) is 0 Å². The van der Waals surface area contributed by atoms with Crippen molar-refractivity contribution in [2.45, 2.75) is 20.4 Å². The number of nitrogens with one attached hydrogen (secondary N) is 2. The molecule has 0 spiro atoms. The number of aromatic amines is 1. The Morgan fingerprint density at radius 1 is 1.24 bits per heavy atom. The summed E-state index contributed by atoms with van der Waals surface area (Å²) in [5, 5.41) is 3.13. The molecular weight excluding hydrogens is 214 g/mol. The largest absolute Gasteiger partial charge is 0.366 e. The Labute approximate surface area is 99.7 Å². The van der Waals surface area contributed by atoms with E-state index in [1.165, 1.54) is 11.6 Å². The van der Waals surface area contributed by atoms with E-state index >= 15 is 0 Å². The monoisotopic (exact) mass is 229 g/mol. The molecule has 1 aromatic carbocycles. The van der Waals surface area contributed by atoms with Gasteiger partial charge in [-0.3, -0.25) is 4.79 Å². The summed E-state index contributed by atoms with van der Waals surface area (Å²) in [4.78, 5) is 18.0. The topological polar surface area (TPSA) is 57.8 Å². The zero-order valence-corrected chi connectivity index (χ0v) is 9.95. The van der Waals surface area contributed by atoms with E-state index in [0.29, 0.717) is 18.2 Å². The van der Waals surface area contributed by atoms with Gasteiger partial charge < -0.3 is 10.3 Å². The van der Waals surface area contributed by atoms with E-state index in [2.05, 4.69) is 46.5 Å². The average Bonchev–Trinajstić information content (AvgIpc) is 2.27. The zero-order valence-electron chi connectivity index (χ0n) is 9.95. The van der Waals surface area contributed by atoms with Crippen molar-refractivity contribution in [3.63, 3.8) is 0 Å². The number of aryl methyl sites for hydroxylation is 2. The molecule has 17 heavy (non-hydrogen) atoms. The van der Waals surface area contributed by atoms with E-state index in [0.717, 1.165) is 5.56 Å². The highest BCUT2D eigenvalue weighted by atomic mass is 16.1. The maximum atomic E-state index is 11.2. The van der Waals surface area contributed by atoms with Gasteiger partial charge >= 0.3 is 0 Å². The SMILES string of the molecule is Cc1ccc(CNc2cc(=O)[nH]c(C)n2)cc1. The van der Waals surface area contributed by atoms with Crippen LogP contribution in [0.5, 0.6) is 0 Å². The third-order valence-electron chi connectivity index (χ3n) is 2.45. The van der Waals surface area contributed by atoms with Crippen LogP contribution in [0.15, 0.2) is 35.1 Å². The van der Waals surface area contributed by atoms with Gasteiger partial charge in [0.1, 0.15) is 11.6 Å². The molecule has 1 heterocycles. The molecule has 2 rings (SSSR count). The Morgan fingerprint density at radius 3 is 2.59 bits per heavy atom. The summed E-state index contributed by atoms with van der Waals surface area (Å²) in [7, 11) is 0. The summed E-state index contributed by atoms with van der Waals surface area (Å²) in [6, 6.07) is 9.70. The summed E-state index contributed by atoms with van der Waals surface area (Å²) < 4.78 is 0. The molecular formula is C13H15N3O. The first-order valence-corrected chi connectivity index (χ1v) is 5.51. The Balaban J connectivity index is 2.07. The van der Waals surface area contributed by atoms with Crippen molar-refractivity contribution < 1.29 is 0 Å². The maximum Gasteiger partial charge on any atom is 0.252 e. The van der Waals surface area contributed by atoms with Gasteiger partial charge in [-0.15, -0.1) is 0 Å². The van der Waals surface area contributed by atoms with E-state index in [4.69, 9.17) is 0 Å². The molecule has 0 bridgehead atoms. The molecule has 1 aromatic heterocycles. The summed E-state index contributed by atoms with van der Waals surface area (Å²) in [6.45, 7) is 4.48. The van der Waals surface area contributed by atoms with Crippen molar-refractivity contribution in [1.82, 2.24) is 9.97 Å². The quantitative estimate of drug-likeness (QED) is 0.846. The van der Waals surface area contributed by atoms with E-state index in [9.17, 15) is 4.79 Å². The van der Waals surface area contributed by atoms with Crippen molar-refractivity contribution in [2.24, 2.45) is 0 Å². The van der Waals surface area contributed by atoms with Gasteiger partial charge in [-0.2, -0.15) is 0 Å². The molecule has 88 valence electrons. The van der Waals surface area contributed by atoms with Crippen LogP contribution in [0.25, 0.3) is 0 Å². The van der Waals surface area contributed by atoms with Crippen molar-refractivity contribution in [3.8, 4) is 0 Å². The summed E-state index contributed by atoms with van der Waals surface area (Å²) in [6.07, 6.45) is 0. The smallest absolute Gasteiger partial charge is 0.252 e. The lowest BCUT2D eigenvalue weighted by Gasteiger charge is -2.06. The van der Waals surface area contributed by atoms with Crippen molar-refractivity contribution in [2.75, 3.05) is 5.32 Å². The van der Waals surface area contributed by atoms with Crippen LogP contribution in [0, 0.1) is 13.8 Å². The molecule has 2 N–H and O–H groups in total. The van der Waals surface area contributed by atoms with Crippen LogP contribution in [-0.2, 0) is 6.54 Å². The Morgan fingerprint density at radius 2 is 1.94 bits per heavy atom. The Bertz CT molecular complexity index is 558. The fourth-order valence-corrected chi connectivity index (χ4v) is 1.57. The lowest BCUT2D eigenvalue weighted by atomic mass is 10.1. The minimum atomic E-state index is -0.135. The highest BCUT2D eigenvalue weighted by Crippen LogP contribution is 2.06. The van der Waals surface area contributed by atoms with Gasteiger partial charge in [0.2, 0.25) is 0 Å². The number of benzene rings is 1. The second-order valence-electron chi connectivity index (χ2n) is 4.06. The minimum absolute atomic E-state index is 0.135. The molecule has 0 aliphatic heterocycles. The fraction of sp³-hybridized carbons (Fsp3) is 0.231. The van der Waals surface area contributed by atoms with Crippen molar-refractivity contribution in [3.05, 3.63) is 57.6 Å². The number of anilines is 1. The number of hydrogen-bond donors (Lipinski definition) is 2. The van der Waals surface area contributed by atoms with E-state index in [1.807, 2.05) is 0 Å². The van der Waals surface area contributed by atoms with Crippen LogP contribution < -0.4 is 10.9 Å². The molecule has 4 heteroatoms. The second-order valence-corrected chi connectivity index (χ2v) is 4.06. The molecule has 0 amide bonds. The normalized spacial score (nSPS) is 10.2. The molecule has 0 aliphatic carbocycles. The summed E-state index contributed by atoms with van der Waals surface area (Å²) in [5.41, 5.74) is 2.26. The van der Waals surface area contributed by atoms with Gasteiger partial charge in [-0.25, -0.2) is 4.98 Å². The van der Waals surface area contributed by atoms with E-state index in [-0.39, 0.29) is 5.56 Å². The minimum Gasteiger partial charge on any atom is -0.366 e. The number of nitrogens with zero attached hydrogens (tertiary/aromatic N) is 1. The van der Waals surface area contributed by atoms with Gasteiger partial charge in [0.05, 0.1) is 0 Å². The fourth-order valence-electron chi connectivity index (χ4n) is 1.57. The van der Waals surface area contributed by atoms with Gasteiger partial charge in [0, 0.05) is 12.6 Å². The van der Waals surface area contributed by atoms with Gasteiger partial charge in [-0.05, 0) is 19.4 Å². The van der Waals surface area contributed by atoms with Crippen molar-refractivity contribution >= 4 is 5.82 Å². The first kappa shape index (κ1) is 11.4. The lowest BCUT2D eigenvalue weighted by Crippen LogP contribution is -2.11. The van der Waals surface area contributed by atoms with Gasteiger partial charge in [-0.1, -0.05) is 29.8 Å². The van der Waals surface area contributed by atoms with Crippen LogP contribution in [0.4, 0.5) is 5.82 Å². The summed E-state index contributed by atoms with van der Waals surface area (Å²) in [5.74, 6) is 1.22. The van der Waals surface area contributed by atoms with Crippen LogP contribution in [-0.4, -0.2) is 9.97 Å². The second kappa shape index (κ2) is 4.82. The van der Waals surface area contributed by atoms with Crippen LogP contribution in [0.2, 0.25) is 0 Å². The van der Waals surface area contributed by atoms with E-state index < -0.39 is 0 Å². The highest BCUT2D eigenvalue weighted by molar-refractivity contribution is 5.34. The lowest BCUT2D eigenvalue weighted by molar-refractivity contribution is 0.997. The van der Waals surface area contributed by atoms with Crippen molar-refractivity contribution in [1.29, 1.82) is 0 Å². The Kier molecular flexibility index (Phi) is 3.23. The Hall–Kier alpha value is -2.10. The number of H-pyrrole nitrogens is 1. The number of aromatic nitrogens is 2. The molecule has 0 aliphatic rings. The molecule has 0 unspecified atom stereocenters. The third-order valence-corrected chi connectivity index (χ3v) is 2.45. The predicted octanol–water partition coefficient (Wildman–Crippen LogP) is 2.00. The maximum absolute atomic E-state index is 11.2. The molecule has 0 radical (unpaired) electrons. The molecule has 4 nitrogen and oxygen atoms in total. The molecule has 0 atom stereocenters. The highest BCUT2D eigenvalue weighted by Gasteiger charge is 1.98. The molecule has 0 fully saturated rings. The standard InChI is InChI=1S/C13H15N3O/c1-9-3-5-11(6-4-9)8-14-12-7-13(17)16-10(2)15-12/h3-7H,8H2,1-2H3,(H2,14,15,16,17). The first-order valence-electron chi connectivity index (χ1n) is 5.51. The third kappa shape index (κ3) is 3.17. The zero-order chi connectivity index (χ0) is 12.3. The first-order chi connectivity index (χ1) is 8.13. The molecule has 0 saturated carbocycles. The molecule has 0 saturated heterocycles. The summed E-state index contributed by atoms with van der Waals surface area (Å²) >= 11 is 0. The van der Waals surface area contributed by atoms with E-state index in [1.54, 1.807) is 6.92 Å². The van der Waals surface area contributed by atoms with Crippen LogP contribution >= 0.6 is 0 Å². The van der Waals surface area contributed by atoms with Gasteiger partial charge in [0.25, 0.3) is 5.56 Å². The predicted molar refractivity (Wildman–Crippen MR) is 68.1 cm³/mol. The van der Waals surface area contributed by atoms with Crippen LogP contribution in [0.3, 0.4) is 0 Å².